The smallest absolute Gasteiger partial charge is 0.152 e. The molecule has 0 amide bonds. The Hall–Kier alpha value is -1.51. The van der Waals surface area contributed by atoms with Crippen molar-refractivity contribution in [2.24, 2.45) is 10.9 Å². The maximum Gasteiger partial charge on any atom is 0.152 e. The molecule has 4 aliphatic rings. The average molecular weight is 358 g/mol. The molecule has 0 radical (unpaired) electrons. The third-order valence-corrected chi connectivity index (χ3v) is 6.01. The monoisotopic (exact) mass is 358 g/mol. The Morgan fingerprint density at radius 1 is 1.19 bits per heavy atom. The number of nitrogens with zero attached hydrogens (tertiary/aromatic N) is 2. The highest BCUT2D eigenvalue weighted by molar-refractivity contribution is 5.58. The summed E-state index contributed by atoms with van der Waals surface area (Å²) in [5.74, 6) is 0.689. The Morgan fingerprint density at radius 2 is 2.08 bits per heavy atom. The van der Waals surface area contributed by atoms with Gasteiger partial charge in [0.1, 0.15) is 11.9 Å². The maximum absolute atomic E-state index is 9.91. The number of rotatable bonds is 2. The van der Waals surface area contributed by atoms with Crippen LogP contribution in [0.4, 0.5) is 0 Å². The van der Waals surface area contributed by atoms with Gasteiger partial charge >= 0.3 is 0 Å². The van der Waals surface area contributed by atoms with E-state index in [9.17, 15) is 5.11 Å². The van der Waals surface area contributed by atoms with Crippen LogP contribution in [0, 0.1) is 5.92 Å². The molecule has 140 valence electrons. The molecule has 26 heavy (non-hydrogen) atoms. The molecule has 4 heterocycles. The fourth-order valence-electron chi connectivity index (χ4n) is 4.74. The Balaban J connectivity index is 1.45. The van der Waals surface area contributed by atoms with Gasteiger partial charge in [0.15, 0.2) is 6.23 Å². The maximum atomic E-state index is 9.91. The average Bonchev–Trinajstić information content (AvgIpc) is 3.06. The molecular weight excluding hydrogens is 332 g/mol. The molecule has 0 aromatic heterocycles. The first-order valence-corrected chi connectivity index (χ1v) is 9.59. The van der Waals surface area contributed by atoms with Crippen LogP contribution in [0.25, 0.3) is 0 Å². The van der Waals surface area contributed by atoms with Crippen LogP contribution in [0.15, 0.2) is 29.3 Å². The highest BCUT2D eigenvalue weighted by Gasteiger charge is 2.52. The Labute approximate surface area is 153 Å². The van der Waals surface area contributed by atoms with Crippen LogP contribution < -0.4 is 10.6 Å². The molecule has 0 saturated carbocycles. The number of hydrogen-bond acceptors (Lipinski definition) is 7. The number of hydrogen-bond donors (Lipinski definition) is 3. The summed E-state index contributed by atoms with van der Waals surface area (Å²) in [5, 5.41) is 17.4. The zero-order chi connectivity index (χ0) is 17.5. The van der Waals surface area contributed by atoms with E-state index in [0.29, 0.717) is 11.7 Å². The summed E-state index contributed by atoms with van der Waals surface area (Å²) in [6, 6.07) is 7.72. The number of aromatic hydroxyl groups is 1. The van der Waals surface area contributed by atoms with Crippen molar-refractivity contribution < 1.29 is 14.6 Å². The molecule has 7 nitrogen and oxygen atoms in total. The number of aliphatic imine (C=N–C) groups is 1. The van der Waals surface area contributed by atoms with Gasteiger partial charge in [0.25, 0.3) is 0 Å². The molecular formula is C19H26N4O3. The van der Waals surface area contributed by atoms with Crippen LogP contribution in [0.1, 0.15) is 24.6 Å². The molecule has 1 aromatic rings. The number of benzene rings is 1. The molecule has 4 aliphatic heterocycles. The standard InChI is InChI=1S/C19H26N4O3/c24-13-4-1-3-12(11-13)17-21-15-14-5-2-6-20-19(14)26-16(15)18(22-17)23-7-9-25-10-8-23/h1,3-4,6,11,14-19,21-22,24H,2,5,7-10H2. The van der Waals surface area contributed by atoms with Crippen LogP contribution in [0.5, 0.6) is 5.75 Å². The van der Waals surface area contributed by atoms with E-state index in [1.54, 1.807) is 6.07 Å². The number of phenolic OH excluding ortho intramolecular Hbond substituents is 1. The number of ether oxygens (including phenoxy) is 2. The Bertz CT molecular complexity index is 679. The van der Waals surface area contributed by atoms with Gasteiger partial charge in [0.05, 0.1) is 25.5 Å². The first-order valence-electron chi connectivity index (χ1n) is 9.59. The van der Waals surface area contributed by atoms with Crippen LogP contribution >= 0.6 is 0 Å². The van der Waals surface area contributed by atoms with Gasteiger partial charge in [-0.05, 0) is 30.5 Å². The first-order chi connectivity index (χ1) is 12.8. The highest BCUT2D eigenvalue weighted by Crippen LogP contribution is 2.39. The Kier molecular flexibility index (Phi) is 4.42. The largest absolute Gasteiger partial charge is 0.508 e. The lowest BCUT2D eigenvalue weighted by atomic mass is 9.87. The summed E-state index contributed by atoms with van der Waals surface area (Å²) < 4.78 is 11.9. The minimum atomic E-state index is -0.0421. The third-order valence-electron chi connectivity index (χ3n) is 6.01. The molecule has 1 aromatic carbocycles. The van der Waals surface area contributed by atoms with E-state index in [0.717, 1.165) is 44.7 Å². The van der Waals surface area contributed by atoms with Crippen molar-refractivity contribution >= 4 is 6.21 Å². The van der Waals surface area contributed by atoms with E-state index in [4.69, 9.17) is 9.47 Å². The van der Waals surface area contributed by atoms with Crippen molar-refractivity contribution in [3.05, 3.63) is 29.8 Å². The van der Waals surface area contributed by atoms with Crippen LogP contribution in [0.3, 0.4) is 0 Å². The van der Waals surface area contributed by atoms with Crippen molar-refractivity contribution in [2.45, 2.75) is 43.5 Å². The predicted molar refractivity (Wildman–Crippen MR) is 97.0 cm³/mol. The second-order valence-corrected chi connectivity index (χ2v) is 7.54. The summed E-state index contributed by atoms with van der Waals surface area (Å²) in [6.07, 6.45) is 4.23. The van der Waals surface area contributed by atoms with Gasteiger partial charge < -0.3 is 14.6 Å². The summed E-state index contributed by atoms with van der Waals surface area (Å²) in [5.41, 5.74) is 1.05. The van der Waals surface area contributed by atoms with Gasteiger partial charge in [-0.3, -0.25) is 20.5 Å². The molecule has 0 bridgehead atoms. The molecule has 0 aliphatic carbocycles. The van der Waals surface area contributed by atoms with Crippen molar-refractivity contribution in [2.75, 3.05) is 26.3 Å². The van der Waals surface area contributed by atoms with E-state index in [1.807, 2.05) is 24.4 Å². The zero-order valence-electron chi connectivity index (χ0n) is 14.8. The topological polar surface area (TPSA) is 78.3 Å². The lowest BCUT2D eigenvalue weighted by Crippen LogP contribution is -2.68. The molecule has 6 unspecified atom stereocenters. The minimum absolute atomic E-state index is 0.0237. The molecule has 3 N–H and O–H groups in total. The molecule has 6 atom stereocenters. The predicted octanol–water partition coefficient (Wildman–Crippen LogP) is 0.816. The van der Waals surface area contributed by atoms with Crippen LogP contribution in [-0.4, -0.2) is 67.1 Å². The normalized spacial score (nSPS) is 40.2. The second kappa shape index (κ2) is 6.90. The summed E-state index contributed by atoms with van der Waals surface area (Å²) in [4.78, 5) is 7.04. The molecule has 0 spiro atoms. The molecule has 3 fully saturated rings. The van der Waals surface area contributed by atoms with Crippen molar-refractivity contribution in [1.29, 1.82) is 0 Å². The van der Waals surface area contributed by atoms with Crippen LogP contribution in [-0.2, 0) is 9.47 Å². The number of nitrogens with one attached hydrogen (secondary N) is 2. The van der Waals surface area contributed by atoms with Gasteiger partial charge in [-0.15, -0.1) is 0 Å². The van der Waals surface area contributed by atoms with Gasteiger partial charge in [0, 0.05) is 31.3 Å². The number of fused-ring (bicyclic) bond motifs is 3. The van der Waals surface area contributed by atoms with Gasteiger partial charge in [-0.1, -0.05) is 12.1 Å². The zero-order valence-corrected chi connectivity index (χ0v) is 14.8. The fourth-order valence-corrected chi connectivity index (χ4v) is 4.74. The first kappa shape index (κ1) is 16.6. The minimum Gasteiger partial charge on any atom is -0.508 e. The molecule has 7 heteroatoms. The van der Waals surface area contributed by atoms with Crippen molar-refractivity contribution in [3.8, 4) is 5.75 Å². The van der Waals surface area contributed by atoms with E-state index in [1.165, 1.54) is 0 Å². The summed E-state index contributed by atoms with van der Waals surface area (Å²) in [6.45, 7) is 3.31. The molecule has 3 saturated heterocycles. The molecule has 5 rings (SSSR count). The second-order valence-electron chi connectivity index (χ2n) is 7.54. The van der Waals surface area contributed by atoms with E-state index in [2.05, 4.69) is 20.5 Å². The van der Waals surface area contributed by atoms with Gasteiger partial charge in [-0.2, -0.15) is 0 Å². The van der Waals surface area contributed by atoms with E-state index < -0.39 is 0 Å². The number of morpholine rings is 1. The summed E-state index contributed by atoms with van der Waals surface area (Å²) in [7, 11) is 0. The Morgan fingerprint density at radius 3 is 2.92 bits per heavy atom. The van der Waals surface area contributed by atoms with Gasteiger partial charge in [-0.25, -0.2) is 0 Å². The highest BCUT2D eigenvalue weighted by atomic mass is 16.5. The lowest BCUT2D eigenvalue weighted by Gasteiger charge is -2.46. The number of phenols is 1. The SMILES string of the molecule is Oc1cccc(C2NC3C4CCC=NC4OC3C(N3CCOCC3)N2)c1. The van der Waals surface area contributed by atoms with Crippen molar-refractivity contribution in [1.82, 2.24) is 15.5 Å². The van der Waals surface area contributed by atoms with Gasteiger partial charge in [0.2, 0.25) is 0 Å². The van der Waals surface area contributed by atoms with Crippen LogP contribution in [0.2, 0.25) is 0 Å². The third kappa shape index (κ3) is 2.93. The van der Waals surface area contributed by atoms with E-state index >= 15 is 0 Å². The summed E-state index contributed by atoms with van der Waals surface area (Å²) >= 11 is 0. The van der Waals surface area contributed by atoms with E-state index in [-0.39, 0.29) is 30.7 Å². The van der Waals surface area contributed by atoms with Crippen molar-refractivity contribution in [3.63, 3.8) is 0 Å². The fraction of sp³-hybridized carbons (Fsp3) is 0.632. The lowest BCUT2D eigenvalue weighted by molar-refractivity contribution is -0.0794. The quantitative estimate of drug-likeness (QED) is 0.726.